The molecule has 0 aliphatic heterocycles. The summed E-state index contributed by atoms with van der Waals surface area (Å²) < 4.78 is 35.6. The van der Waals surface area contributed by atoms with Crippen LogP contribution in [0.2, 0.25) is 0 Å². The van der Waals surface area contributed by atoms with E-state index in [1.807, 2.05) is 0 Å². The van der Waals surface area contributed by atoms with Gasteiger partial charge >= 0.3 is 0 Å². The van der Waals surface area contributed by atoms with Crippen LogP contribution in [0.15, 0.2) is 12.1 Å². The molecule has 2 rings (SSSR count). The van der Waals surface area contributed by atoms with Gasteiger partial charge in [0.25, 0.3) is 6.43 Å². The lowest BCUT2D eigenvalue weighted by Gasteiger charge is -2.18. The second-order valence-electron chi connectivity index (χ2n) is 4.14. The van der Waals surface area contributed by atoms with Gasteiger partial charge in [0.05, 0.1) is 19.8 Å². The minimum absolute atomic E-state index is 0.169. The molecule has 0 unspecified atom stereocenters. The van der Waals surface area contributed by atoms with E-state index in [2.05, 4.69) is 0 Å². The van der Waals surface area contributed by atoms with E-state index in [0.29, 0.717) is 24.2 Å². The molecular weight excluding hydrogens is 230 g/mol. The lowest BCUT2D eigenvalue weighted by molar-refractivity contribution is 0.140. The zero-order chi connectivity index (χ0) is 12.6. The molecule has 94 valence electrons. The second kappa shape index (κ2) is 4.14. The number of benzene rings is 1. The van der Waals surface area contributed by atoms with E-state index in [4.69, 9.17) is 9.47 Å². The molecule has 0 radical (unpaired) electrons. The molecule has 1 fully saturated rings. The summed E-state index contributed by atoms with van der Waals surface area (Å²) in [5.74, 6) is 0.553. The first-order valence-electron chi connectivity index (χ1n) is 5.29. The lowest BCUT2D eigenvalue weighted by atomic mass is 10.0. The van der Waals surface area contributed by atoms with E-state index in [1.54, 1.807) is 0 Å². The lowest BCUT2D eigenvalue weighted by Crippen LogP contribution is -2.09. The number of rotatable bonds is 4. The monoisotopic (exact) mass is 244 g/mol. The van der Waals surface area contributed by atoms with Crippen molar-refractivity contribution in [3.05, 3.63) is 23.3 Å². The molecule has 1 aliphatic carbocycles. The summed E-state index contributed by atoms with van der Waals surface area (Å²) in [5.41, 5.74) is -0.823. The Morgan fingerprint density at radius 3 is 2.29 bits per heavy atom. The Morgan fingerprint density at radius 2 is 1.88 bits per heavy atom. The highest BCUT2D eigenvalue weighted by atomic mass is 19.3. The molecule has 0 bridgehead atoms. The third-order valence-electron chi connectivity index (χ3n) is 2.98. The Balaban J connectivity index is 2.57. The van der Waals surface area contributed by atoms with Gasteiger partial charge in [0.2, 0.25) is 0 Å². The largest absolute Gasteiger partial charge is 0.493 e. The van der Waals surface area contributed by atoms with Gasteiger partial charge in [-0.3, -0.25) is 0 Å². The second-order valence-corrected chi connectivity index (χ2v) is 4.14. The molecule has 0 amide bonds. The Bertz CT molecular complexity index is 428. The van der Waals surface area contributed by atoms with E-state index in [-0.39, 0.29) is 11.3 Å². The minimum atomic E-state index is -2.60. The average molecular weight is 244 g/mol. The number of hydrogen-bond acceptors (Lipinski definition) is 3. The minimum Gasteiger partial charge on any atom is -0.493 e. The van der Waals surface area contributed by atoms with Crippen molar-refractivity contribution in [3.8, 4) is 11.5 Å². The van der Waals surface area contributed by atoms with Crippen molar-refractivity contribution in [1.82, 2.24) is 0 Å². The van der Waals surface area contributed by atoms with Gasteiger partial charge in [0, 0.05) is 11.1 Å². The van der Waals surface area contributed by atoms with Crippen LogP contribution in [0.5, 0.6) is 11.5 Å². The van der Waals surface area contributed by atoms with Gasteiger partial charge in [-0.15, -0.1) is 0 Å². The number of aliphatic hydroxyl groups is 1. The maximum atomic E-state index is 12.7. The fourth-order valence-corrected chi connectivity index (χ4v) is 1.85. The quantitative estimate of drug-likeness (QED) is 0.884. The molecule has 0 aromatic heterocycles. The normalized spacial score (nSPS) is 17.1. The van der Waals surface area contributed by atoms with Gasteiger partial charge in [-0.2, -0.15) is 0 Å². The molecule has 1 N–H and O–H groups in total. The van der Waals surface area contributed by atoms with Crippen molar-refractivity contribution in [2.45, 2.75) is 24.9 Å². The molecule has 0 saturated heterocycles. The highest BCUT2D eigenvalue weighted by Gasteiger charge is 2.45. The highest BCUT2D eigenvalue weighted by molar-refractivity contribution is 5.53. The first-order valence-corrected chi connectivity index (χ1v) is 5.29. The summed E-state index contributed by atoms with van der Waals surface area (Å²) in [6, 6.07) is 2.53. The molecule has 0 atom stereocenters. The molecule has 0 spiro atoms. The first kappa shape index (κ1) is 12.1. The average Bonchev–Trinajstić information content (AvgIpc) is 3.06. The molecule has 1 aromatic carbocycles. The number of halogens is 2. The smallest absolute Gasteiger partial charge is 0.263 e. The molecule has 1 aromatic rings. The van der Waals surface area contributed by atoms with Crippen LogP contribution in [0.1, 0.15) is 30.4 Å². The molecule has 0 heterocycles. The predicted octanol–water partition coefficient (Wildman–Crippen LogP) is 2.62. The summed E-state index contributed by atoms with van der Waals surface area (Å²) in [6.45, 7) is 0. The first-order chi connectivity index (χ1) is 8.01. The third kappa shape index (κ3) is 2.07. The zero-order valence-electron chi connectivity index (χ0n) is 9.67. The molecular formula is C12H14F2O3. The summed E-state index contributed by atoms with van der Waals surface area (Å²) in [6.07, 6.45) is -1.49. The Morgan fingerprint density at radius 1 is 1.24 bits per heavy atom. The maximum absolute atomic E-state index is 12.7. The molecule has 1 saturated carbocycles. The fourth-order valence-electron chi connectivity index (χ4n) is 1.85. The third-order valence-corrected chi connectivity index (χ3v) is 2.98. The van der Waals surface area contributed by atoms with Gasteiger partial charge in [0.15, 0.2) is 11.5 Å². The van der Waals surface area contributed by atoms with E-state index in [1.165, 1.54) is 26.4 Å². The molecule has 1 aliphatic rings. The zero-order valence-corrected chi connectivity index (χ0v) is 9.67. The van der Waals surface area contributed by atoms with E-state index >= 15 is 0 Å². The SMILES string of the molecule is COc1cc(C(F)F)cc(C2(O)CC2)c1OC. The molecule has 5 heteroatoms. The topological polar surface area (TPSA) is 38.7 Å². The Kier molecular flexibility index (Phi) is 2.95. The summed E-state index contributed by atoms with van der Waals surface area (Å²) in [7, 11) is 2.81. The van der Waals surface area contributed by atoms with Gasteiger partial charge in [-0.25, -0.2) is 8.78 Å². The van der Waals surface area contributed by atoms with E-state index < -0.39 is 12.0 Å². The number of hydrogen-bond donors (Lipinski definition) is 1. The summed E-state index contributed by atoms with van der Waals surface area (Å²) >= 11 is 0. The summed E-state index contributed by atoms with van der Waals surface area (Å²) in [4.78, 5) is 0. The van der Waals surface area contributed by atoms with Crippen molar-refractivity contribution in [2.24, 2.45) is 0 Å². The predicted molar refractivity (Wildman–Crippen MR) is 57.6 cm³/mol. The van der Waals surface area contributed by atoms with Crippen LogP contribution in [0.25, 0.3) is 0 Å². The van der Waals surface area contributed by atoms with E-state index in [0.717, 1.165) is 0 Å². The van der Waals surface area contributed by atoms with Gasteiger partial charge in [0.1, 0.15) is 0 Å². The van der Waals surface area contributed by atoms with Crippen LogP contribution in [-0.2, 0) is 5.60 Å². The van der Waals surface area contributed by atoms with Crippen molar-refractivity contribution < 1.29 is 23.4 Å². The summed E-state index contributed by atoms with van der Waals surface area (Å²) in [5, 5.41) is 10.1. The van der Waals surface area contributed by atoms with Crippen LogP contribution >= 0.6 is 0 Å². The van der Waals surface area contributed by atoms with Crippen LogP contribution < -0.4 is 9.47 Å². The van der Waals surface area contributed by atoms with Crippen molar-refractivity contribution in [1.29, 1.82) is 0 Å². The van der Waals surface area contributed by atoms with Crippen molar-refractivity contribution >= 4 is 0 Å². The number of methoxy groups -OCH3 is 2. The Hall–Kier alpha value is -1.36. The molecule has 3 nitrogen and oxygen atoms in total. The fraction of sp³-hybridized carbons (Fsp3) is 0.500. The van der Waals surface area contributed by atoms with Gasteiger partial charge in [-0.05, 0) is 25.0 Å². The van der Waals surface area contributed by atoms with Crippen LogP contribution in [0.4, 0.5) is 8.78 Å². The molecule has 17 heavy (non-hydrogen) atoms. The van der Waals surface area contributed by atoms with Crippen molar-refractivity contribution in [2.75, 3.05) is 14.2 Å². The number of alkyl halides is 2. The van der Waals surface area contributed by atoms with Gasteiger partial charge in [-0.1, -0.05) is 0 Å². The highest BCUT2D eigenvalue weighted by Crippen LogP contribution is 2.52. The van der Waals surface area contributed by atoms with Gasteiger partial charge < -0.3 is 14.6 Å². The standard InChI is InChI=1S/C12H14F2O3/c1-16-9-6-7(11(13)14)5-8(10(9)17-2)12(15)3-4-12/h5-6,11,15H,3-4H2,1-2H3. The van der Waals surface area contributed by atoms with Crippen LogP contribution in [0.3, 0.4) is 0 Å². The van der Waals surface area contributed by atoms with E-state index in [9.17, 15) is 13.9 Å². The van der Waals surface area contributed by atoms with Crippen LogP contribution in [-0.4, -0.2) is 19.3 Å². The van der Waals surface area contributed by atoms with Crippen molar-refractivity contribution in [3.63, 3.8) is 0 Å². The van der Waals surface area contributed by atoms with Crippen LogP contribution in [0, 0.1) is 0 Å². The Labute approximate surface area is 98.0 Å². The maximum Gasteiger partial charge on any atom is 0.263 e. The number of ether oxygens (including phenoxy) is 2.